The Morgan fingerprint density at radius 2 is 1.52 bits per heavy atom. The molecule has 3 rings (SSSR count). The van der Waals surface area contributed by atoms with Crippen molar-refractivity contribution < 1.29 is 14.0 Å². The lowest BCUT2D eigenvalue weighted by Crippen LogP contribution is -2.36. The van der Waals surface area contributed by atoms with Crippen LogP contribution in [0.3, 0.4) is 0 Å². The number of carbonyl (C=O) groups excluding carboxylic acids is 2. The molecule has 160 valence electrons. The van der Waals surface area contributed by atoms with Crippen molar-refractivity contribution in [2.45, 2.75) is 9.79 Å². The molecule has 0 unspecified atom stereocenters. The second-order valence-corrected chi connectivity index (χ2v) is 8.38. The Kier molecular flexibility index (Phi) is 8.06. The molecule has 0 aromatic heterocycles. The van der Waals surface area contributed by atoms with Crippen LogP contribution in [0.15, 0.2) is 82.6 Å². The molecule has 0 heterocycles. The average molecular weight is 458 g/mol. The van der Waals surface area contributed by atoms with Crippen LogP contribution >= 0.6 is 23.4 Å². The van der Waals surface area contributed by atoms with Crippen molar-refractivity contribution in [1.82, 2.24) is 4.90 Å². The van der Waals surface area contributed by atoms with Gasteiger partial charge < -0.3 is 10.6 Å². The molecule has 8 heteroatoms. The summed E-state index contributed by atoms with van der Waals surface area (Å²) in [6, 6.07) is 20.5. The van der Waals surface area contributed by atoms with E-state index in [4.69, 9.17) is 11.6 Å². The predicted octanol–water partition coefficient (Wildman–Crippen LogP) is 5.14. The van der Waals surface area contributed by atoms with E-state index in [0.29, 0.717) is 16.4 Å². The number of halogens is 2. The fourth-order valence-corrected chi connectivity index (χ4v) is 3.79. The van der Waals surface area contributed by atoms with Gasteiger partial charge in [0.15, 0.2) is 0 Å². The van der Waals surface area contributed by atoms with E-state index < -0.39 is 0 Å². The zero-order valence-corrected chi connectivity index (χ0v) is 18.3. The molecule has 0 aliphatic carbocycles. The van der Waals surface area contributed by atoms with E-state index in [1.54, 1.807) is 11.9 Å². The lowest BCUT2D eigenvalue weighted by atomic mass is 10.3. The minimum absolute atomic E-state index is 0.0198. The number of nitrogens with one attached hydrogen (secondary N) is 2. The maximum atomic E-state index is 13.0. The summed E-state index contributed by atoms with van der Waals surface area (Å²) in [6.45, 7) is 0.0583. The van der Waals surface area contributed by atoms with Crippen LogP contribution in [0.25, 0.3) is 0 Å². The molecule has 2 N–H and O–H groups in total. The Balaban J connectivity index is 1.53. The summed E-state index contributed by atoms with van der Waals surface area (Å²) >= 11 is 7.46. The summed E-state index contributed by atoms with van der Waals surface area (Å²) in [5.74, 6) is -0.900. The summed E-state index contributed by atoms with van der Waals surface area (Å²) in [7, 11) is 1.68. The number of para-hydroxylation sites is 1. The summed E-state index contributed by atoms with van der Waals surface area (Å²) in [4.78, 5) is 28.1. The molecule has 0 bridgehead atoms. The zero-order valence-electron chi connectivity index (χ0n) is 16.8. The number of likely N-dealkylation sites (N-methyl/N-ethyl adjacent to an activating group) is 1. The number of carbonyl (C=O) groups is 2. The van der Waals surface area contributed by atoms with Crippen molar-refractivity contribution in [3.63, 3.8) is 0 Å². The van der Waals surface area contributed by atoms with Gasteiger partial charge in [-0.3, -0.25) is 14.5 Å². The van der Waals surface area contributed by atoms with Gasteiger partial charge in [-0.15, -0.1) is 0 Å². The predicted molar refractivity (Wildman–Crippen MR) is 123 cm³/mol. The highest BCUT2D eigenvalue weighted by Crippen LogP contribution is 2.33. The van der Waals surface area contributed by atoms with Crippen LogP contribution < -0.4 is 10.6 Å². The van der Waals surface area contributed by atoms with E-state index in [2.05, 4.69) is 10.6 Å². The number of nitrogens with zero attached hydrogens (tertiary/aromatic N) is 1. The number of rotatable bonds is 8. The van der Waals surface area contributed by atoms with Crippen molar-refractivity contribution in [3.05, 3.63) is 83.6 Å². The number of benzene rings is 3. The molecule has 31 heavy (non-hydrogen) atoms. The van der Waals surface area contributed by atoms with Crippen LogP contribution in [-0.4, -0.2) is 36.9 Å². The molecule has 3 aromatic rings. The van der Waals surface area contributed by atoms with Gasteiger partial charge in [0.05, 0.1) is 18.8 Å². The van der Waals surface area contributed by atoms with Crippen molar-refractivity contribution in [2.24, 2.45) is 0 Å². The Bertz CT molecular complexity index is 1050. The standard InChI is InChI=1S/C23H21ClFN3O2S/c1-28(14-22(29)26-18-10-8-17(25)9-11-18)15-23(30)27-20-4-2-3-5-21(20)31-19-12-6-16(24)7-13-19/h2-13H,14-15H2,1H3,(H,26,29)(H,27,30). The first-order valence-corrected chi connectivity index (χ1v) is 10.6. The van der Waals surface area contributed by atoms with E-state index in [0.717, 1.165) is 9.79 Å². The first-order chi connectivity index (χ1) is 14.9. The maximum absolute atomic E-state index is 13.0. The van der Waals surface area contributed by atoms with Gasteiger partial charge in [-0.05, 0) is 67.7 Å². The van der Waals surface area contributed by atoms with E-state index in [9.17, 15) is 14.0 Å². The number of hydrogen-bond donors (Lipinski definition) is 2. The molecule has 0 atom stereocenters. The molecule has 0 aliphatic heterocycles. The first-order valence-electron chi connectivity index (χ1n) is 9.45. The molecule has 0 saturated heterocycles. The van der Waals surface area contributed by atoms with Crippen molar-refractivity contribution >= 4 is 46.6 Å². The van der Waals surface area contributed by atoms with Gasteiger partial charge in [0, 0.05) is 20.5 Å². The number of amides is 2. The molecule has 0 radical (unpaired) electrons. The van der Waals surface area contributed by atoms with Gasteiger partial charge in [-0.2, -0.15) is 0 Å². The van der Waals surface area contributed by atoms with Gasteiger partial charge in [-0.25, -0.2) is 4.39 Å². The smallest absolute Gasteiger partial charge is 0.238 e. The summed E-state index contributed by atoms with van der Waals surface area (Å²) in [5.41, 5.74) is 1.19. The minimum atomic E-state index is -0.374. The number of hydrogen-bond acceptors (Lipinski definition) is 4. The van der Waals surface area contributed by atoms with E-state index in [1.807, 2.05) is 48.5 Å². The van der Waals surface area contributed by atoms with Crippen LogP contribution in [0.4, 0.5) is 15.8 Å². The summed E-state index contributed by atoms with van der Waals surface area (Å²) in [5, 5.41) is 6.24. The largest absolute Gasteiger partial charge is 0.325 e. The molecule has 0 spiro atoms. The fourth-order valence-electron chi connectivity index (χ4n) is 2.76. The normalized spacial score (nSPS) is 10.7. The molecule has 0 fully saturated rings. The molecular weight excluding hydrogens is 437 g/mol. The average Bonchev–Trinajstić information content (AvgIpc) is 2.72. The Morgan fingerprint density at radius 3 is 2.19 bits per heavy atom. The highest BCUT2D eigenvalue weighted by atomic mass is 35.5. The SMILES string of the molecule is CN(CC(=O)Nc1ccc(F)cc1)CC(=O)Nc1ccccc1Sc1ccc(Cl)cc1. The zero-order chi connectivity index (χ0) is 22.2. The molecule has 0 aliphatic rings. The Hall–Kier alpha value is -2.87. The van der Waals surface area contributed by atoms with E-state index in [1.165, 1.54) is 36.0 Å². The summed E-state index contributed by atoms with van der Waals surface area (Å²) in [6.07, 6.45) is 0. The van der Waals surface area contributed by atoms with Crippen LogP contribution in [0.5, 0.6) is 0 Å². The van der Waals surface area contributed by atoms with Crippen LogP contribution in [0, 0.1) is 5.82 Å². The number of anilines is 2. The van der Waals surface area contributed by atoms with E-state index in [-0.39, 0.29) is 30.7 Å². The summed E-state index contributed by atoms with van der Waals surface area (Å²) < 4.78 is 13.0. The van der Waals surface area contributed by atoms with Crippen molar-refractivity contribution in [2.75, 3.05) is 30.8 Å². The minimum Gasteiger partial charge on any atom is -0.325 e. The van der Waals surface area contributed by atoms with Gasteiger partial charge >= 0.3 is 0 Å². The third-order valence-electron chi connectivity index (χ3n) is 4.16. The highest BCUT2D eigenvalue weighted by Gasteiger charge is 2.13. The third-order valence-corrected chi connectivity index (χ3v) is 5.49. The Morgan fingerprint density at radius 1 is 0.903 bits per heavy atom. The Labute approximate surface area is 189 Å². The molecule has 3 aromatic carbocycles. The second kappa shape index (κ2) is 10.9. The monoisotopic (exact) mass is 457 g/mol. The maximum Gasteiger partial charge on any atom is 0.238 e. The first kappa shape index (κ1) is 22.8. The van der Waals surface area contributed by atoms with Gasteiger partial charge in [0.25, 0.3) is 0 Å². The topological polar surface area (TPSA) is 61.4 Å². The van der Waals surface area contributed by atoms with Crippen LogP contribution in [0.2, 0.25) is 5.02 Å². The van der Waals surface area contributed by atoms with Crippen molar-refractivity contribution in [1.29, 1.82) is 0 Å². The molecule has 5 nitrogen and oxygen atoms in total. The van der Waals surface area contributed by atoms with E-state index >= 15 is 0 Å². The lowest BCUT2D eigenvalue weighted by Gasteiger charge is -2.17. The molecule has 2 amide bonds. The van der Waals surface area contributed by atoms with Crippen molar-refractivity contribution in [3.8, 4) is 0 Å². The van der Waals surface area contributed by atoms with Gasteiger partial charge in [0.1, 0.15) is 5.82 Å². The van der Waals surface area contributed by atoms with Gasteiger partial charge in [-0.1, -0.05) is 35.5 Å². The fraction of sp³-hybridized carbons (Fsp3) is 0.130. The highest BCUT2D eigenvalue weighted by molar-refractivity contribution is 7.99. The van der Waals surface area contributed by atoms with Crippen LogP contribution in [0.1, 0.15) is 0 Å². The quantitative estimate of drug-likeness (QED) is 0.491. The third kappa shape index (κ3) is 7.40. The second-order valence-electron chi connectivity index (χ2n) is 6.83. The van der Waals surface area contributed by atoms with Crippen LogP contribution in [-0.2, 0) is 9.59 Å². The molecule has 0 saturated carbocycles. The molecular formula is C23H21ClFN3O2S. The van der Waals surface area contributed by atoms with Gasteiger partial charge in [0.2, 0.25) is 11.8 Å². The lowest BCUT2D eigenvalue weighted by molar-refractivity contribution is -0.119.